The van der Waals surface area contributed by atoms with Crippen LogP contribution in [0.25, 0.3) is 0 Å². The molecule has 0 aliphatic carbocycles. The van der Waals surface area contributed by atoms with E-state index >= 15 is 0 Å². The zero-order chi connectivity index (χ0) is 24.1. The van der Waals surface area contributed by atoms with Crippen molar-refractivity contribution in [2.45, 2.75) is 37.8 Å². The first-order valence-corrected chi connectivity index (χ1v) is 11.4. The Morgan fingerprint density at radius 1 is 1.26 bits per heavy atom. The molecule has 176 valence electrons. The van der Waals surface area contributed by atoms with Gasteiger partial charge in [0.1, 0.15) is 11.3 Å². The van der Waals surface area contributed by atoms with E-state index in [0.29, 0.717) is 30.3 Å². The number of thiocarbonyl (C=S) groups is 1. The van der Waals surface area contributed by atoms with Crippen molar-refractivity contribution in [3.8, 4) is 5.75 Å². The molecule has 2 unspecified atom stereocenters. The van der Waals surface area contributed by atoms with Crippen molar-refractivity contribution in [3.63, 3.8) is 0 Å². The molecule has 34 heavy (non-hydrogen) atoms. The van der Waals surface area contributed by atoms with Gasteiger partial charge in [-0.3, -0.25) is 14.9 Å². The molecule has 0 saturated carbocycles. The third kappa shape index (κ3) is 5.02. The minimum absolute atomic E-state index is 0.112. The number of allylic oxidation sites excluding steroid dienone is 1. The van der Waals surface area contributed by atoms with Gasteiger partial charge in [-0.15, -0.1) is 5.10 Å². The zero-order valence-electron chi connectivity index (χ0n) is 19.0. The molecule has 2 N–H and O–H groups in total. The van der Waals surface area contributed by atoms with Gasteiger partial charge in [0.15, 0.2) is 5.82 Å². The van der Waals surface area contributed by atoms with Crippen LogP contribution in [0.3, 0.4) is 0 Å². The SMILES string of the molecule is COc1ccc(CCC2(N3CNC(CC(=O)Nc4ccc(C)nn4)C3=S)C=CC=NC2=O)cc1. The summed E-state index contributed by atoms with van der Waals surface area (Å²) in [4.78, 5) is 32.1. The molecule has 3 heterocycles. The van der Waals surface area contributed by atoms with Crippen molar-refractivity contribution in [1.29, 1.82) is 0 Å². The fourth-order valence-corrected chi connectivity index (χ4v) is 4.44. The van der Waals surface area contributed by atoms with Gasteiger partial charge >= 0.3 is 0 Å². The molecule has 2 aromatic rings. The molecular weight excluding hydrogens is 452 g/mol. The lowest BCUT2D eigenvalue weighted by Crippen LogP contribution is -2.55. The van der Waals surface area contributed by atoms with Gasteiger partial charge in [0.05, 0.1) is 30.5 Å². The Hall–Kier alpha value is -3.50. The highest BCUT2D eigenvalue weighted by atomic mass is 32.1. The van der Waals surface area contributed by atoms with Crippen LogP contribution in [0.1, 0.15) is 24.1 Å². The fraction of sp³-hybridized carbons (Fsp3) is 0.333. The van der Waals surface area contributed by atoms with E-state index in [2.05, 4.69) is 25.8 Å². The van der Waals surface area contributed by atoms with E-state index in [0.717, 1.165) is 17.0 Å². The Balaban J connectivity index is 1.45. The predicted molar refractivity (Wildman–Crippen MR) is 133 cm³/mol. The summed E-state index contributed by atoms with van der Waals surface area (Å²) in [5.74, 6) is 0.648. The van der Waals surface area contributed by atoms with Crippen molar-refractivity contribution in [3.05, 3.63) is 59.8 Å². The Labute approximate surface area is 203 Å². The van der Waals surface area contributed by atoms with Crippen LogP contribution in [0.15, 0.2) is 53.5 Å². The first-order valence-electron chi connectivity index (χ1n) is 11.0. The van der Waals surface area contributed by atoms with Crippen LogP contribution >= 0.6 is 12.2 Å². The highest BCUT2D eigenvalue weighted by molar-refractivity contribution is 7.80. The van der Waals surface area contributed by atoms with Crippen LogP contribution in [-0.4, -0.2) is 63.5 Å². The average molecular weight is 479 g/mol. The molecule has 9 nitrogen and oxygen atoms in total. The largest absolute Gasteiger partial charge is 0.497 e. The molecule has 2 aliphatic rings. The summed E-state index contributed by atoms with van der Waals surface area (Å²) in [7, 11) is 1.62. The molecule has 1 aromatic heterocycles. The van der Waals surface area contributed by atoms with Crippen LogP contribution < -0.4 is 15.4 Å². The van der Waals surface area contributed by atoms with Crippen molar-refractivity contribution in [2.24, 2.45) is 4.99 Å². The van der Waals surface area contributed by atoms with Crippen LogP contribution in [0.4, 0.5) is 5.82 Å². The number of methoxy groups -OCH3 is 1. The van der Waals surface area contributed by atoms with Gasteiger partial charge in [0, 0.05) is 12.6 Å². The number of hydrogen-bond acceptors (Lipinski definition) is 7. The lowest BCUT2D eigenvalue weighted by atomic mass is 9.87. The Morgan fingerprint density at radius 3 is 2.74 bits per heavy atom. The number of ether oxygens (including phenoxy) is 1. The van der Waals surface area contributed by atoms with E-state index in [1.54, 1.807) is 25.3 Å². The van der Waals surface area contributed by atoms with E-state index in [1.807, 2.05) is 42.2 Å². The molecule has 1 aromatic carbocycles. The number of aryl methyl sites for hydroxylation is 2. The molecule has 1 saturated heterocycles. The molecule has 2 amide bonds. The van der Waals surface area contributed by atoms with Gasteiger partial charge in [-0.25, -0.2) is 4.99 Å². The molecule has 0 spiro atoms. The number of hydrogen-bond donors (Lipinski definition) is 2. The van der Waals surface area contributed by atoms with Gasteiger partial charge in [0.2, 0.25) is 5.91 Å². The van der Waals surface area contributed by atoms with Crippen molar-refractivity contribution in [2.75, 3.05) is 19.1 Å². The lowest BCUT2D eigenvalue weighted by molar-refractivity contribution is -0.125. The van der Waals surface area contributed by atoms with Crippen LogP contribution in [0.2, 0.25) is 0 Å². The number of rotatable bonds is 8. The maximum Gasteiger partial charge on any atom is 0.275 e. The maximum atomic E-state index is 13.1. The number of benzene rings is 1. The number of dihydropyridines is 1. The number of carbonyl (C=O) groups excluding carboxylic acids is 2. The zero-order valence-corrected chi connectivity index (χ0v) is 19.8. The second-order valence-electron chi connectivity index (χ2n) is 8.21. The average Bonchev–Trinajstić information content (AvgIpc) is 3.21. The number of carbonyl (C=O) groups is 2. The van der Waals surface area contributed by atoms with Gasteiger partial charge in [0.25, 0.3) is 5.91 Å². The second-order valence-corrected chi connectivity index (χ2v) is 8.63. The summed E-state index contributed by atoms with van der Waals surface area (Å²) in [5.41, 5.74) is 0.830. The smallest absolute Gasteiger partial charge is 0.275 e. The summed E-state index contributed by atoms with van der Waals surface area (Å²) < 4.78 is 5.22. The van der Waals surface area contributed by atoms with Gasteiger partial charge < -0.3 is 15.0 Å². The van der Waals surface area contributed by atoms with Crippen molar-refractivity contribution in [1.82, 2.24) is 20.4 Å². The Kier molecular flexibility index (Phi) is 7.09. The molecule has 1 fully saturated rings. The first kappa shape index (κ1) is 23.7. The summed E-state index contributed by atoms with van der Waals surface area (Å²) in [6.45, 7) is 2.17. The number of amides is 2. The standard InChI is InChI=1S/C24H26N6O3S/c1-16-4-9-20(29-28-16)27-21(31)14-19-22(34)30(15-26-19)24(11-3-13-25-23(24)32)12-10-17-5-7-18(33-2)8-6-17/h3-9,11,13,19,26H,10,12,14-15H2,1-2H3,(H,27,29,31). The van der Waals surface area contributed by atoms with E-state index < -0.39 is 11.6 Å². The van der Waals surface area contributed by atoms with Gasteiger partial charge in [-0.05, 0) is 61.7 Å². The predicted octanol–water partition coefficient (Wildman–Crippen LogP) is 2.22. The summed E-state index contributed by atoms with van der Waals surface area (Å²) in [5, 5.41) is 13.9. The van der Waals surface area contributed by atoms with Gasteiger partial charge in [-0.1, -0.05) is 24.4 Å². The number of aliphatic imine (C=N–C) groups is 1. The summed E-state index contributed by atoms with van der Waals surface area (Å²) in [6.07, 6.45) is 6.37. The van der Waals surface area contributed by atoms with E-state index in [9.17, 15) is 9.59 Å². The van der Waals surface area contributed by atoms with Crippen LogP contribution in [-0.2, 0) is 16.0 Å². The third-order valence-corrected chi connectivity index (χ3v) is 6.48. The number of aromatic nitrogens is 2. The quantitative estimate of drug-likeness (QED) is 0.556. The molecule has 0 bridgehead atoms. The second kappa shape index (κ2) is 10.2. The third-order valence-electron chi connectivity index (χ3n) is 5.97. The minimum Gasteiger partial charge on any atom is -0.497 e. The number of anilines is 1. The molecule has 2 atom stereocenters. The highest BCUT2D eigenvalue weighted by Crippen LogP contribution is 2.31. The number of nitrogens with one attached hydrogen (secondary N) is 2. The molecular formula is C24H26N6O3S. The van der Waals surface area contributed by atoms with Crippen molar-refractivity contribution < 1.29 is 14.3 Å². The van der Waals surface area contributed by atoms with E-state index in [1.165, 1.54) is 6.21 Å². The molecule has 4 rings (SSSR count). The monoisotopic (exact) mass is 478 g/mol. The normalized spacial score (nSPS) is 21.7. The van der Waals surface area contributed by atoms with E-state index in [4.69, 9.17) is 17.0 Å². The topological polar surface area (TPSA) is 109 Å². The molecule has 2 aliphatic heterocycles. The molecule has 10 heteroatoms. The first-order chi connectivity index (χ1) is 16.4. The number of nitrogens with zero attached hydrogens (tertiary/aromatic N) is 4. The summed E-state index contributed by atoms with van der Waals surface area (Å²) >= 11 is 5.73. The van der Waals surface area contributed by atoms with Crippen LogP contribution in [0.5, 0.6) is 5.75 Å². The lowest BCUT2D eigenvalue weighted by Gasteiger charge is -2.39. The Bertz CT molecular complexity index is 1130. The van der Waals surface area contributed by atoms with Gasteiger partial charge in [-0.2, -0.15) is 5.10 Å². The fourth-order valence-electron chi connectivity index (χ4n) is 4.05. The maximum absolute atomic E-state index is 13.1. The highest BCUT2D eigenvalue weighted by Gasteiger charge is 2.47. The molecule has 0 radical (unpaired) electrons. The summed E-state index contributed by atoms with van der Waals surface area (Å²) in [6, 6.07) is 10.8. The van der Waals surface area contributed by atoms with Crippen LogP contribution in [0, 0.1) is 6.92 Å². The Morgan fingerprint density at radius 2 is 2.06 bits per heavy atom. The van der Waals surface area contributed by atoms with Crippen molar-refractivity contribution >= 4 is 41.1 Å². The minimum atomic E-state index is -1.01. The van der Waals surface area contributed by atoms with E-state index in [-0.39, 0.29) is 18.2 Å².